The van der Waals surface area contributed by atoms with Gasteiger partial charge in [-0.2, -0.15) is 0 Å². The van der Waals surface area contributed by atoms with E-state index in [1.54, 1.807) is 0 Å². The predicted molar refractivity (Wildman–Crippen MR) is 86.0 cm³/mol. The Labute approximate surface area is 132 Å². The van der Waals surface area contributed by atoms with Gasteiger partial charge in [0, 0.05) is 29.4 Å². The summed E-state index contributed by atoms with van der Waals surface area (Å²) in [7, 11) is 0. The number of carbonyl (C=O) groups excluding carboxylic acids is 2. The Balaban J connectivity index is 2.37. The van der Waals surface area contributed by atoms with E-state index in [1.807, 2.05) is 13.8 Å². The smallest absolute Gasteiger partial charge is 0.230 e. The molecule has 0 atom stereocenters. The second-order valence-electron chi connectivity index (χ2n) is 4.49. The third-order valence-corrected chi connectivity index (χ3v) is 4.65. The zero-order valence-corrected chi connectivity index (χ0v) is 14.3. The van der Waals surface area contributed by atoms with E-state index in [4.69, 9.17) is 0 Å². The second kappa shape index (κ2) is 8.32. The van der Waals surface area contributed by atoms with Crippen LogP contribution >= 0.6 is 27.7 Å². The van der Waals surface area contributed by atoms with Crippen molar-refractivity contribution in [1.82, 2.24) is 10.6 Å². The number of thioether (sulfide) groups is 1. The van der Waals surface area contributed by atoms with Crippen LogP contribution in [-0.4, -0.2) is 30.7 Å². The van der Waals surface area contributed by atoms with E-state index in [-0.39, 0.29) is 11.8 Å². The van der Waals surface area contributed by atoms with Gasteiger partial charge in [0.05, 0.1) is 5.75 Å². The fourth-order valence-electron chi connectivity index (χ4n) is 1.54. The number of aryl methyl sites for hydroxylation is 2. The maximum absolute atomic E-state index is 11.7. The van der Waals surface area contributed by atoms with Crippen LogP contribution in [0.3, 0.4) is 0 Å². The molecule has 0 aliphatic carbocycles. The lowest BCUT2D eigenvalue weighted by atomic mass is 10.2. The standard InChI is InChI=1S/C14H19BrN2O2S/c1-9-7-13(10(2)6-12(9)15)20-8-14(19)17-5-4-16-11(3)18/h6-7H,4-5,8H2,1-3H3,(H,16,18)(H,17,19). The maximum Gasteiger partial charge on any atom is 0.230 e. The first-order valence-electron chi connectivity index (χ1n) is 6.31. The number of benzene rings is 1. The Kier molecular flexibility index (Phi) is 7.09. The van der Waals surface area contributed by atoms with Crippen molar-refractivity contribution < 1.29 is 9.59 Å². The average molecular weight is 359 g/mol. The van der Waals surface area contributed by atoms with Crippen LogP contribution in [0, 0.1) is 13.8 Å². The van der Waals surface area contributed by atoms with Gasteiger partial charge in [-0.25, -0.2) is 0 Å². The fourth-order valence-corrected chi connectivity index (χ4v) is 2.94. The molecule has 0 radical (unpaired) electrons. The minimum atomic E-state index is -0.0883. The van der Waals surface area contributed by atoms with Crippen LogP contribution in [0.25, 0.3) is 0 Å². The summed E-state index contributed by atoms with van der Waals surface area (Å²) in [5.74, 6) is 0.261. The number of rotatable bonds is 6. The van der Waals surface area contributed by atoms with Gasteiger partial charge in [0.1, 0.15) is 0 Å². The first kappa shape index (κ1) is 17.0. The monoisotopic (exact) mass is 358 g/mol. The van der Waals surface area contributed by atoms with Crippen molar-refractivity contribution in [3.8, 4) is 0 Å². The number of hydrogen-bond acceptors (Lipinski definition) is 3. The summed E-state index contributed by atoms with van der Waals surface area (Å²) < 4.78 is 1.08. The van der Waals surface area contributed by atoms with Crippen molar-refractivity contribution in [2.24, 2.45) is 0 Å². The molecule has 0 unspecified atom stereocenters. The summed E-state index contributed by atoms with van der Waals surface area (Å²) in [4.78, 5) is 23.4. The minimum Gasteiger partial charge on any atom is -0.355 e. The first-order valence-corrected chi connectivity index (χ1v) is 8.08. The van der Waals surface area contributed by atoms with Gasteiger partial charge < -0.3 is 10.6 Å². The minimum absolute atomic E-state index is 0.0275. The van der Waals surface area contributed by atoms with E-state index in [2.05, 4.69) is 38.7 Å². The van der Waals surface area contributed by atoms with Crippen LogP contribution in [0.15, 0.2) is 21.5 Å². The highest BCUT2D eigenvalue weighted by molar-refractivity contribution is 9.10. The van der Waals surface area contributed by atoms with Gasteiger partial charge in [0.25, 0.3) is 0 Å². The van der Waals surface area contributed by atoms with Crippen LogP contribution in [0.5, 0.6) is 0 Å². The number of carbonyl (C=O) groups is 2. The van der Waals surface area contributed by atoms with Crippen LogP contribution in [-0.2, 0) is 9.59 Å². The molecular formula is C14H19BrN2O2S. The number of halogens is 1. The molecule has 110 valence electrons. The van der Waals surface area contributed by atoms with Gasteiger partial charge in [-0.3, -0.25) is 9.59 Å². The molecule has 0 saturated carbocycles. The predicted octanol–water partition coefficient (Wildman–Crippen LogP) is 2.41. The molecule has 0 heterocycles. The molecule has 1 aromatic rings. The van der Waals surface area contributed by atoms with Crippen molar-refractivity contribution in [3.05, 3.63) is 27.7 Å². The zero-order chi connectivity index (χ0) is 15.1. The summed E-state index contributed by atoms with van der Waals surface area (Å²) >= 11 is 5.01. The van der Waals surface area contributed by atoms with E-state index in [0.717, 1.165) is 20.5 Å². The molecule has 0 aromatic heterocycles. The Morgan fingerprint density at radius 2 is 1.80 bits per heavy atom. The summed E-state index contributed by atoms with van der Waals surface area (Å²) in [6.07, 6.45) is 0. The largest absolute Gasteiger partial charge is 0.355 e. The third kappa shape index (κ3) is 5.96. The molecule has 4 nitrogen and oxygen atoms in total. The molecule has 0 aliphatic heterocycles. The molecule has 0 aliphatic rings. The van der Waals surface area contributed by atoms with Crippen molar-refractivity contribution >= 4 is 39.5 Å². The van der Waals surface area contributed by atoms with E-state index >= 15 is 0 Å². The van der Waals surface area contributed by atoms with Crippen molar-refractivity contribution in [2.45, 2.75) is 25.7 Å². The maximum atomic E-state index is 11.7. The molecule has 20 heavy (non-hydrogen) atoms. The van der Waals surface area contributed by atoms with E-state index in [9.17, 15) is 9.59 Å². The van der Waals surface area contributed by atoms with Gasteiger partial charge in [-0.1, -0.05) is 15.9 Å². The molecule has 0 saturated heterocycles. The summed E-state index contributed by atoms with van der Waals surface area (Å²) in [6.45, 7) is 6.43. The molecule has 6 heteroatoms. The summed E-state index contributed by atoms with van der Waals surface area (Å²) in [5, 5.41) is 5.40. The van der Waals surface area contributed by atoms with Gasteiger partial charge in [0.15, 0.2) is 0 Å². The zero-order valence-electron chi connectivity index (χ0n) is 11.9. The quantitative estimate of drug-likeness (QED) is 0.606. The van der Waals surface area contributed by atoms with Crippen molar-refractivity contribution in [1.29, 1.82) is 0 Å². The van der Waals surface area contributed by atoms with Crippen LogP contribution in [0.2, 0.25) is 0 Å². The highest BCUT2D eigenvalue weighted by Gasteiger charge is 2.06. The molecule has 0 spiro atoms. The van der Waals surface area contributed by atoms with Crippen molar-refractivity contribution in [3.63, 3.8) is 0 Å². The lowest BCUT2D eigenvalue weighted by Gasteiger charge is -2.09. The van der Waals surface area contributed by atoms with Crippen LogP contribution in [0.4, 0.5) is 0 Å². The van der Waals surface area contributed by atoms with E-state index < -0.39 is 0 Å². The molecular weight excluding hydrogens is 340 g/mol. The molecule has 1 aromatic carbocycles. The molecule has 2 N–H and O–H groups in total. The topological polar surface area (TPSA) is 58.2 Å². The number of nitrogens with one attached hydrogen (secondary N) is 2. The van der Waals surface area contributed by atoms with Crippen molar-refractivity contribution in [2.75, 3.05) is 18.8 Å². The Bertz CT molecular complexity index is 506. The van der Waals surface area contributed by atoms with E-state index in [0.29, 0.717) is 18.8 Å². The van der Waals surface area contributed by atoms with Gasteiger partial charge in [-0.05, 0) is 37.1 Å². The Morgan fingerprint density at radius 1 is 1.15 bits per heavy atom. The summed E-state index contributed by atoms with van der Waals surface area (Å²) in [6, 6.07) is 4.14. The lowest BCUT2D eigenvalue weighted by Crippen LogP contribution is -2.34. The Morgan fingerprint density at radius 3 is 2.45 bits per heavy atom. The normalized spacial score (nSPS) is 10.2. The number of amides is 2. The third-order valence-electron chi connectivity index (χ3n) is 2.64. The van der Waals surface area contributed by atoms with Gasteiger partial charge in [0.2, 0.25) is 11.8 Å². The van der Waals surface area contributed by atoms with E-state index in [1.165, 1.54) is 18.7 Å². The number of hydrogen-bond donors (Lipinski definition) is 2. The highest BCUT2D eigenvalue weighted by atomic mass is 79.9. The van der Waals surface area contributed by atoms with Gasteiger partial charge >= 0.3 is 0 Å². The lowest BCUT2D eigenvalue weighted by molar-refractivity contribution is -0.120. The second-order valence-corrected chi connectivity index (χ2v) is 6.36. The van der Waals surface area contributed by atoms with Crippen LogP contribution < -0.4 is 10.6 Å². The fraction of sp³-hybridized carbons (Fsp3) is 0.429. The first-order chi connectivity index (χ1) is 9.40. The SMILES string of the molecule is CC(=O)NCCNC(=O)CSc1cc(C)c(Br)cc1C. The van der Waals surface area contributed by atoms with Crippen LogP contribution in [0.1, 0.15) is 18.1 Å². The molecule has 2 amide bonds. The Hall–Kier alpha value is -1.01. The molecule has 1 rings (SSSR count). The van der Waals surface area contributed by atoms with Gasteiger partial charge in [-0.15, -0.1) is 11.8 Å². The molecule has 0 fully saturated rings. The molecule has 0 bridgehead atoms. The highest BCUT2D eigenvalue weighted by Crippen LogP contribution is 2.28. The summed E-state index contributed by atoms with van der Waals surface area (Å²) in [5.41, 5.74) is 2.31. The average Bonchev–Trinajstić information content (AvgIpc) is 2.37.